The minimum atomic E-state index is 0.520. The molecular formula is C14H12Cl3N3S. The second kappa shape index (κ2) is 6.53. The van der Waals surface area contributed by atoms with E-state index in [0.717, 1.165) is 34.8 Å². The number of alkyl halides is 1. The number of nitrogens with zero attached hydrogens (tertiary/aromatic N) is 3. The highest BCUT2D eigenvalue weighted by Gasteiger charge is 2.13. The van der Waals surface area contributed by atoms with Gasteiger partial charge in [0.1, 0.15) is 5.82 Å². The van der Waals surface area contributed by atoms with Crippen LogP contribution in [0.15, 0.2) is 23.7 Å². The molecule has 7 heteroatoms. The first-order valence-corrected chi connectivity index (χ1v) is 8.64. The number of thiazole rings is 1. The van der Waals surface area contributed by atoms with Crippen molar-refractivity contribution < 1.29 is 0 Å². The first-order chi connectivity index (χ1) is 10.2. The van der Waals surface area contributed by atoms with E-state index in [1.54, 1.807) is 17.4 Å². The average Bonchev–Trinajstić information content (AvgIpc) is 3.06. The van der Waals surface area contributed by atoms with Crippen molar-refractivity contribution in [2.45, 2.75) is 19.4 Å². The minimum Gasteiger partial charge on any atom is -0.327 e. The maximum atomic E-state index is 6.14. The highest BCUT2D eigenvalue weighted by atomic mass is 35.5. The predicted molar refractivity (Wildman–Crippen MR) is 90.0 cm³/mol. The van der Waals surface area contributed by atoms with Gasteiger partial charge in [-0.05, 0) is 12.1 Å². The Bertz CT molecular complexity index is 753. The molecule has 3 aromatic rings. The molecule has 21 heavy (non-hydrogen) atoms. The van der Waals surface area contributed by atoms with Gasteiger partial charge in [0.25, 0.3) is 0 Å². The number of benzene rings is 1. The number of hydrogen-bond acceptors (Lipinski definition) is 3. The van der Waals surface area contributed by atoms with Gasteiger partial charge in [-0.1, -0.05) is 23.2 Å². The van der Waals surface area contributed by atoms with Crippen LogP contribution >= 0.6 is 46.1 Å². The third-order valence-corrected chi connectivity index (χ3v) is 4.97. The van der Waals surface area contributed by atoms with Crippen molar-refractivity contribution in [1.29, 1.82) is 0 Å². The molecule has 0 aliphatic rings. The van der Waals surface area contributed by atoms with E-state index in [9.17, 15) is 0 Å². The molecule has 0 spiro atoms. The van der Waals surface area contributed by atoms with E-state index in [4.69, 9.17) is 34.8 Å². The van der Waals surface area contributed by atoms with Gasteiger partial charge in [0.05, 0.1) is 26.1 Å². The number of fused-ring (bicyclic) bond motifs is 1. The molecule has 0 N–H and O–H groups in total. The molecule has 0 saturated heterocycles. The van der Waals surface area contributed by atoms with Crippen LogP contribution in [0.5, 0.6) is 0 Å². The molecule has 0 aliphatic carbocycles. The maximum Gasteiger partial charge on any atom is 0.111 e. The Morgan fingerprint density at radius 3 is 2.67 bits per heavy atom. The van der Waals surface area contributed by atoms with Crippen molar-refractivity contribution in [3.05, 3.63) is 44.6 Å². The van der Waals surface area contributed by atoms with Crippen molar-refractivity contribution in [2.24, 2.45) is 0 Å². The quantitative estimate of drug-likeness (QED) is 0.610. The largest absolute Gasteiger partial charge is 0.327 e. The number of aromatic nitrogens is 3. The third kappa shape index (κ3) is 3.19. The van der Waals surface area contributed by atoms with Crippen LogP contribution in [0.4, 0.5) is 0 Å². The molecule has 0 fully saturated rings. The highest BCUT2D eigenvalue weighted by Crippen LogP contribution is 2.28. The van der Waals surface area contributed by atoms with Crippen LogP contribution in [-0.4, -0.2) is 20.4 Å². The van der Waals surface area contributed by atoms with Crippen molar-refractivity contribution in [2.75, 3.05) is 5.88 Å². The fraction of sp³-hybridized carbons (Fsp3) is 0.286. The molecule has 2 heterocycles. The summed E-state index contributed by atoms with van der Waals surface area (Å²) in [7, 11) is 0. The Hall–Kier alpha value is -0.810. The van der Waals surface area contributed by atoms with Gasteiger partial charge in [0.15, 0.2) is 0 Å². The molecule has 2 aromatic heterocycles. The molecule has 3 rings (SSSR count). The molecule has 0 bridgehead atoms. The van der Waals surface area contributed by atoms with Crippen molar-refractivity contribution in [1.82, 2.24) is 14.5 Å². The van der Waals surface area contributed by atoms with Gasteiger partial charge in [-0.15, -0.1) is 22.9 Å². The highest BCUT2D eigenvalue weighted by molar-refractivity contribution is 7.09. The summed E-state index contributed by atoms with van der Waals surface area (Å²) in [5.74, 6) is 1.48. The molecule has 3 nitrogen and oxygen atoms in total. The molecular weight excluding hydrogens is 349 g/mol. The van der Waals surface area contributed by atoms with Crippen LogP contribution in [0.25, 0.3) is 11.0 Å². The van der Waals surface area contributed by atoms with Crippen LogP contribution in [0.1, 0.15) is 10.8 Å². The molecule has 110 valence electrons. The van der Waals surface area contributed by atoms with Crippen LogP contribution in [0.2, 0.25) is 10.0 Å². The van der Waals surface area contributed by atoms with Crippen LogP contribution in [-0.2, 0) is 19.4 Å². The number of imidazole rings is 1. The summed E-state index contributed by atoms with van der Waals surface area (Å²) < 4.78 is 2.15. The molecule has 0 atom stereocenters. The van der Waals surface area contributed by atoms with E-state index in [1.807, 2.05) is 17.6 Å². The third-order valence-electron chi connectivity index (χ3n) is 3.22. The molecule has 1 aromatic carbocycles. The van der Waals surface area contributed by atoms with Crippen LogP contribution < -0.4 is 0 Å². The van der Waals surface area contributed by atoms with Crippen LogP contribution in [0.3, 0.4) is 0 Å². The summed E-state index contributed by atoms with van der Waals surface area (Å²) in [6.45, 7) is 0.800. The summed E-state index contributed by atoms with van der Waals surface area (Å²) in [6.07, 6.45) is 3.39. The molecule has 0 unspecified atom stereocenters. The van der Waals surface area contributed by atoms with Gasteiger partial charge >= 0.3 is 0 Å². The van der Waals surface area contributed by atoms with Gasteiger partial charge in [0, 0.05) is 36.8 Å². The number of rotatable bonds is 5. The fourth-order valence-electron chi connectivity index (χ4n) is 2.28. The second-order valence-corrected chi connectivity index (χ2v) is 6.72. The topological polar surface area (TPSA) is 30.7 Å². The Kier molecular flexibility index (Phi) is 4.69. The lowest BCUT2D eigenvalue weighted by Gasteiger charge is -2.07. The number of aryl methyl sites for hydroxylation is 3. The first kappa shape index (κ1) is 15.1. The number of hydrogen-bond donors (Lipinski definition) is 0. The van der Waals surface area contributed by atoms with E-state index in [-0.39, 0.29) is 0 Å². The zero-order valence-electron chi connectivity index (χ0n) is 11.0. The number of halogens is 3. The predicted octanol–water partition coefficient (Wildman–Crippen LogP) is 4.82. The van der Waals surface area contributed by atoms with Crippen LogP contribution in [0, 0.1) is 0 Å². The maximum absolute atomic E-state index is 6.14. The smallest absolute Gasteiger partial charge is 0.111 e. The Morgan fingerprint density at radius 1 is 1.14 bits per heavy atom. The summed E-state index contributed by atoms with van der Waals surface area (Å²) in [4.78, 5) is 8.94. The van der Waals surface area contributed by atoms with E-state index in [0.29, 0.717) is 22.3 Å². The lowest BCUT2D eigenvalue weighted by molar-refractivity contribution is 0.673. The molecule has 0 aliphatic heterocycles. The van der Waals surface area contributed by atoms with Gasteiger partial charge in [0.2, 0.25) is 0 Å². The first-order valence-electron chi connectivity index (χ1n) is 6.47. The second-order valence-electron chi connectivity index (χ2n) is 4.55. The van der Waals surface area contributed by atoms with Crippen molar-refractivity contribution in [3.8, 4) is 0 Å². The fourth-order valence-corrected chi connectivity index (χ4v) is 3.37. The normalized spacial score (nSPS) is 11.4. The van der Waals surface area contributed by atoms with Gasteiger partial charge < -0.3 is 4.57 Å². The SMILES string of the molecule is ClCCc1nc2cc(Cl)c(Cl)cc2n1CCc1nccs1. The van der Waals surface area contributed by atoms with Gasteiger partial charge in [-0.25, -0.2) is 9.97 Å². The van der Waals surface area contributed by atoms with Crippen molar-refractivity contribution in [3.63, 3.8) is 0 Å². The van der Waals surface area contributed by atoms with E-state index < -0.39 is 0 Å². The lowest BCUT2D eigenvalue weighted by atomic mass is 10.3. The van der Waals surface area contributed by atoms with Crippen molar-refractivity contribution >= 4 is 57.2 Å². The zero-order valence-corrected chi connectivity index (χ0v) is 14.1. The lowest BCUT2D eigenvalue weighted by Crippen LogP contribution is -2.07. The Labute approximate surface area is 141 Å². The Balaban J connectivity index is 2.00. The minimum absolute atomic E-state index is 0.520. The molecule has 0 amide bonds. The summed E-state index contributed by atoms with van der Waals surface area (Å²) >= 11 is 19.7. The molecule has 0 saturated carbocycles. The zero-order chi connectivity index (χ0) is 14.8. The summed E-state index contributed by atoms with van der Waals surface area (Å²) in [6, 6.07) is 3.67. The summed E-state index contributed by atoms with van der Waals surface area (Å²) in [5.41, 5.74) is 1.84. The van der Waals surface area contributed by atoms with E-state index >= 15 is 0 Å². The Morgan fingerprint density at radius 2 is 1.95 bits per heavy atom. The summed E-state index contributed by atoms with van der Waals surface area (Å²) in [5, 5.41) is 4.15. The van der Waals surface area contributed by atoms with E-state index in [2.05, 4.69) is 14.5 Å². The monoisotopic (exact) mass is 359 g/mol. The molecule has 0 radical (unpaired) electrons. The standard InChI is InChI=1S/C14H12Cl3N3S/c15-3-1-13-19-11-7-9(16)10(17)8-12(11)20(13)5-2-14-18-4-6-21-14/h4,6-8H,1-3,5H2. The van der Waals surface area contributed by atoms with Gasteiger partial charge in [-0.2, -0.15) is 0 Å². The van der Waals surface area contributed by atoms with Gasteiger partial charge in [-0.3, -0.25) is 0 Å². The average molecular weight is 361 g/mol. The van der Waals surface area contributed by atoms with E-state index in [1.165, 1.54) is 0 Å².